The number of fused-ring (bicyclic) bond motifs is 1. The molecule has 0 bridgehead atoms. The first-order valence-corrected chi connectivity index (χ1v) is 10.0. The Balaban J connectivity index is 1.44. The number of anilines is 1. The molecule has 6 nitrogen and oxygen atoms in total. The molecule has 3 heterocycles. The summed E-state index contributed by atoms with van der Waals surface area (Å²) in [6.07, 6.45) is 4.44. The number of nitrogens with one attached hydrogen (secondary N) is 1. The highest BCUT2D eigenvalue weighted by molar-refractivity contribution is 5.89. The second-order valence-corrected chi connectivity index (χ2v) is 7.63. The lowest BCUT2D eigenvalue weighted by atomic mass is 10.0. The van der Waals surface area contributed by atoms with Gasteiger partial charge in [0.15, 0.2) is 0 Å². The van der Waals surface area contributed by atoms with Crippen molar-refractivity contribution < 1.29 is 4.79 Å². The summed E-state index contributed by atoms with van der Waals surface area (Å²) in [4.78, 5) is 17.1. The molecule has 1 saturated heterocycles. The van der Waals surface area contributed by atoms with Crippen LogP contribution in [0.1, 0.15) is 42.3 Å². The molecule has 0 radical (unpaired) electrons. The van der Waals surface area contributed by atoms with Gasteiger partial charge in [-0.3, -0.25) is 9.58 Å². The van der Waals surface area contributed by atoms with Gasteiger partial charge in [-0.05, 0) is 56.5 Å². The quantitative estimate of drug-likeness (QED) is 0.903. The summed E-state index contributed by atoms with van der Waals surface area (Å²) in [7, 11) is 2.00. The molecular weight excluding hydrogens is 338 g/mol. The van der Waals surface area contributed by atoms with Crippen molar-refractivity contribution in [3.63, 3.8) is 0 Å². The van der Waals surface area contributed by atoms with Gasteiger partial charge in [0, 0.05) is 31.4 Å². The number of hydrogen-bond donors (Lipinski definition) is 1. The molecule has 0 saturated carbocycles. The van der Waals surface area contributed by atoms with E-state index in [1.165, 1.54) is 48.4 Å². The van der Waals surface area contributed by atoms with Gasteiger partial charge in [0.05, 0.1) is 17.9 Å². The van der Waals surface area contributed by atoms with Gasteiger partial charge in [-0.1, -0.05) is 19.1 Å². The molecule has 1 aromatic carbocycles. The number of rotatable bonds is 4. The zero-order valence-electron chi connectivity index (χ0n) is 16.4. The van der Waals surface area contributed by atoms with Gasteiger partial charge >= 0.3 is 6.03 Å². The van der Waals surface area contributed by atoms with Crippen LogP contribution in [0.25, 0.3) is 0 Å². The van der Waals surface area contributed by atoms with Gasteiger partial charge in [0.1, 0.15) is 0 Å². The highest BCUT2D eigenvalue weighted by Gasteiger charge is 2.27. The van der Waals surface area contributed by atoms with E-state index in [0.717, 1.165) is 31.6 Å². The highest BCUT2D eigenvalue weighted by Crippen LogP contribution is 2.25. The van der Waals surface area contributed by atoms with Crippen molar-refractivity contribution in [3.05, 3.63) is 46.8 Å². The molecule has 1 N–H and O–H groups in total. The Kier molecular flexibility index (Phi) is 5.16. The fourth-order valence-electron chi connectivity index (χ4n) is 4.18. The minimum atomic E-state index is -0.0313. The SMILES string of the molecule is CCc1cccc(NC(=O)N2CCc3c(CN4CCCC4)nn(C)c3C2)c1. The van der Waals surface area contributed by atoms with Crippen molar-refractivity contribution in [2.45, 2.75) is 45.7 Å². The maximum atomic E-state index is 12.8. The standard InChI is InChI=1S/C21H29N5O/c1-3-16-7-6-8-17(13-16)22-21(27)26-12-9-18-19(14-25-10-4-5-11-25)23-24(2)20(18)15-26/h6-8,13H,3-5,9-12,14-15H2,1-2H3,(H,22,27). The average molecular weight is 367 g/mol. The Bertz CT molecular complexity index is 822. The van der Waals surface area contributed by atoms with E-state index in [1.807, 2.05) is 34.8 Å². The molecule has 2 amide bonds. The summed E-state index contributed by atoms with van der Waals surface area (Å²) >= 11 is 0. The molecule has 0 spiro atoms. The molecule has 2 aromatic rings. The van der Waals surface area contributed by atoms with Crippen LogP contribution in [0.4, 0.5) is 10.5 Å². The van der Waals surface area contributed by atoms with Crippen LogP contribution in [0.15, 0.2) is 24.3 Å². The maximum absolute atomic E-state index is 12.8. The van der Waals surface area contributed by atoms with E-state index in [9.17, 15) is 4.79 Å². The zero-order chi connectivity index (χ0) is 18.8. The van der Waals surface area contributed by atoms with E-state index in [0.29, 0.717) is 6.54 Å². The number of aromatic nitrogens is 2. The van der Waals surface area contributed by atoms with Crippen LogP contribution in [0.5, 0.6) is 0 Å². The molecular formula is C21H29N5O. The topological polar surface area (TPSA) is 53.4 Å². The van der Waals surface area contributed by atoms with Crippen molar-refractivity contribution in [1.29, 1.82) is 0 Å². The first kappa shape index (κ1) is 18.0. The van der Waals surface area contributed by atoms with E-state index in [1.54, 1.807) is 0 Å². The minimum absolute atomic E-state index is 0.0313. The second-order valence-electron chi connectivity index (χ2n) is 7.63. The largest absolute Gasteiger partial charge is 0.322 e. The van der Waals surface area contributed by atoms with Crippen LogP contribution in [-0.2, 0) is 33.0 Å². The number of aryl methyl sites for hydroxylation is 2. The van der Waals surface area contributed by atoms with Crippen molar-refractivity contribution in [1.82, 2.24) is 19.6 Å². The monoisotopic (exact) mass is 367 g/mol. The number of amides is 2. The molecule has 0 unspecified atom stereocenters. The van der Waals surface area contributed by atoms with Crippen LogP contribution >= 0.6 is 0 Å². The van der Waals surface area contributed by atoms with E-state index in [2.05, 4.69) is 23.2 Å². The van der Waals surface area contributed by atoms with Gasteiger partial charge in [-0.25, -0.2) is 4.79 Å². The lowest BCUT2D eigenvalue weighted by Gasteiger charge is -2.28. The first-order chi connectivity index (χ1) is 13.1. The van der Waals surface area contributed by atoms with Crippen LogP contribution in [-0.4, -0.2) is 45.2 Å². The van der Waals surface area contributed by atoms with E-state index in [-0.39, 0.29) is 6.03 Å². The van der Waals surface area contributed by atoms with Crippen LogP contribution in [0.3, 0.4) is 0 Å². The summed E-state index contributed by atoms with van der Waals surface area (Å²) in [6.45, 7) is 6.78. The Labute approximate surface area is 161 Å². The van der Waals surface area contributed by atoms with Crippen LogP contribution in [0.2, 0.25) is 0 Å². The number of urea groups is 1. The number of likely N-dealkylation sites (tertiary alicyclic amines) is 1. The zero-order valence-corrected chi connectivity index (χ0v) is 16.4. The van der Waals surface area contributed by atoms with E-state index in [4.69, 9.17) is 5.10 Å². The molecule has 2 aliphatic heterocycles. The van der Waals surface area contributed by atoms with Crippen molar-refractivity contribution >= 4 is 11.7 Å². The molecule has 0 atom stereocenters. The number of hydrogen-bond acceptors (Lipinski definition) is 3. The van der Waals surface area contributed by atoms with E-state index < -0.39 is 0 Å². The average Bonchev–Trinajstić information content (AvgIpc) is 3.30. The van der Waals surface area contributed by atoms with Gasteiger partial charge in [0.25, 0.3) is 0 Å². The Morgan fingerprint density at radius 3 is 2.81 bits per heavy atom. The molecule has 1 fully saturated rings. The maximum Gasteiger partial charge on any atom is 0.322 e. The highest BCUT2D eigenvalue weighted by atomic mass is 16.2. The molecule has 27 heavy (non-hydrogen) atoms. The Morgan fingerprint density at radius 1 is 1.22 bits per heavy atom. The Morgan fingerprint density at radius 2 is 2.04 bits per heavy atom. The molecule has 0 aliphatic carbocycles. The normalized spacial score (nSPS) is 17.2. The number of benzene rings is 1. The van der Waals surface area contributed by atoms with Gasteiger partial charge in [-0.2, -0.15) is 5.10 Å². The van der Waals surface area contributed by atoms with Gasteiger partial charge in [-0.15, -0.1) is 0 Å². The summed E-state index contributed by atoms with van der Waals surface area (Å²) in [5.41, 5.74) is 5.82. The molecule has 4 rings (SSSR count). The Hall–Kier alpha value is -2.34. The molecule has 144 valence electrons. The molecule has 2 aliphatic rings. The minimum Gasteiger partial charge on any atom is -0.318 e. The number of carbonyl (C=O) groups excluding carboxylic acids is 1. The van der Waals surface area contributed by atoms with Gasteiger partial charge < -0.3 is 10.2 Å². The number of nitrogens with zero attached hydrogens (tertiary/aromatic N) is 4. The third-order valence-corrected chi connectivity index (χ3v) is 5.78. The first-order valence-electron chi connectivity index (χ1n) is 10.0. The smallest absolute Gasteiger partial charge is 0.318 e. The third kappa shape index (κ3) is 3.86. The molecule has 6 heteroatoms. The van der Waals surface area contributed by atoms with Crippen LogP contribution < -0.4 is 5.32 Å². The summed E-state index contributed by atoms with van der Waals surface area (Å²) in [5.74, 6) is 0. The lowest BCUT2D eigenvalue weighted by Crippen LogP contribution is -2.39. The van der Waals surface area contributed by atoms with Crippen molar-refractivity contribution in [2.75, 3.05) is 25.0 Å². The van der Waals surface area contributed by atoms with Crippen molar-refractivity contribution in [3.8, 4) is 0 Å². The summed E-state index contributed by atoms with van der Waals surface area (Å²) in [5, 5.41) is 7.82. The second kappa shape index (κ2) is 7.72. The predicted molar refractivity (Wildman–Crippen MR) is 107 cm³/mol. The third-order valence-electron chi connectivity index (χ3n) is 5.78. The fourth-order valence-corrected chi connectivity index (χ4v) is 4.18. The van der Waals surface area contributed by atoms with Gasteiger partial charge in [0.2, 0.25) is 0 Å². The van der Waals surface area contributed by atoms with E-state index >= 15 is 0 Å². The van der Waals surface area contributed by atoms with Crippen molar-refractivity contribution in [2.24, 2.45) is 7.05 Å². The van der Waals surface area contributed by atoms with Crippen LogP contribution in [0, 0.1) is 0 Å². The lowest BCUT2D eigenvalue weighted by molar-refractivity contribution is 0.204. The molecule has 1 aromatic heterocycles. The summed E-state index contributed by atoms with van der Waals surface area (Å²) in [6, 6.07) is 8.04. The number of carbonyl (C=O) groups is 1. The predicted octanol–water partition coefficient (Wildman–Crippen LogP) is 3.17. The fraction of sp³-hybridized carbons (Fsp3) is 0.524. The summed E-state index contributed by atoms with van der Waals surface area (Å²) < 4.78 is 1.97.